The van der Waals surface area contributed by atoms with Crippen LogP contribution in [0.15, 0.2) is 29.3 Å². The van der Waals surface area contributed by atoms with Gasteiger partial charge >= 0.3 is 6.09 Å². The summed E-state index contributed by atoms with van der Waals surface area (Å²) in [6.07, 6.45) is -0.554. The summed E-state index contributed by atoms with van der Waals surface area (Å²) in [6.45, 7) is 5.34. The summed E-state index contributed by atoms with van der Waals surface area (Å²) in [5.74, 6) is -0.144. The van der Waals surface area contributed by atoms with Crippen LogP contribution in [0.1, 0.15) is 20.8 Å². The van der Waals surface area contributed by atoms with Gasteiger partial charge in [-0.3, -0.25) is 10.5 Å². The summed E-state index contributed by atoms with van der Waals surface area (Å²) in [4.78, 5) is 15.4. The minimum absolute atomic E-state index is 0.144. The molecule has 104 valence electrons. The first-order valence-electron chi connectivity index (χ1n) is 5.64. The van der Waals surface area contributed by atoms with Crippen LogP contribution in [0.2, 0.25) is 0 Å². The number of nitrogens with one attached hydrogen (secondary N) is 2. The Hall–Kier alpha value is -2.28. The van der Waals surface area contributed by atoms with Gasteiger partial charge in [-0.25, -0.2) is 15.3 Å². The maximum absolute atomic E-state index is 11.6. The Morgan fingerprint density at radius 1 is 1.42 bits per heavy atom. The summed E-state index contributed by atoms with van der Waals surface area (Å²) >= 11 is 0. The Bertz CT molecular complexity index is 480. The van der Waals surface area contributed by atoms with Crippen LogP contribution in [-0.4, -0.2) is 22.9 Å². The molecule has 5 N–H and O–H groups in total. The number of nitrogens with zero attached hydrogens (tertiary/aromatic N) is 1. The maximum atomic E-state index is 11.6. The Balaban J connectivity index is 2.75. The molecule has 0 bridgehead atoms. The van der Waals surface area contributed by atoms with Crippen LogP contribution in [0.3, 0.4) is 0 Å². The molecule has 1 amide bonds. The quantitative estimate of drug-likeness (QED) is 0.371. The molecule has 0 aliphatic carbocycles. The molecule has 0 saturated carbocycles. The molecule has 19 heavy (non-hydrogen) atoms. The molecule has 0 fully saturated rings. The lowest BCUT2D eigenvalue weighted by molar-refractivity contribution is 0.0636. The number of hydrogen-bond acceptors (Lipinski definition) is 4. The Kier molecular flexibility index (Phi) is 4.71. The van der Waals surface area contributed by atoms with E-state index in [0.29, 0.717) is 11.4 Å². The number of aliphatic imine (C=N–C) groups is 1. The first-order chi connectivity index (χ1) is 8.80. The summed E-state index contributed by atoms with van der Waals surface area (Å²) in [6, 6.07) is 6.64. The zero-order chi connectivity index (χ0) is 14.5. The lowest BCUT2D eigenvalue weighted by atomic mass is 10.2. The molecule has 1 aromatic carbocycles. The van der Waals surface area contributed by atoms with Gasteiger partial charge in [-0.2, -0.15) is 0 Å². The molecule has 0 aromatic heterocycles. The van der Waals surface area contributed by atoms with E-state index in [4.69, 9.17) is 15.7 Å². The number of guanidine groups is 1. The summed E-state index contributed by atoms with van der Waals surface area (Å²) < 4.78 is 5.12. The van der Waals surface area contributed by atoms with Crippen LogP contribution in [0, 0.1) is 0 Å². The van der Waals surface area contributed by atoms with E-state index in [-0.39, 0.29) is 5.96 Å². The van der Waals surface area contributed by atoms with Crippen LogP contribution in [0.5, 0.6) is 0 Å². The van der Waals surface area contributed by atoms with Crippen molar-refractivity contribution in [2.24, 2.45) is 10.7 Å². The molecule has 0 heterocycles. The Morgan fingerprint density at radius 3 is 2.68 bits per heavy atom. The molecule has 0 unspecified atom stereocenters. The Morgan fingerprint density at radius 2 is 2.11 bits per heavy atom. The van der Waals surface area contributed by atoms with Crippen molar-refractivity contribution in [1.82, 2.24) is 5.48 Å². The van der Waals surface area contributed by atoms with E-state index in [1.807, 2.05) is 0 Å². The highest BCUT2D eigenvalue weighted by molar-refractivity contribution is 5.86. The Labute approximate surface area is 111 Å². The number of carbonyl (C=O) groups is 1. The molecule has 1 aromatic rings. The number of anilines is 1. The van der Waals surface area contributed by atoms with E-state index in [2.05, 4.69) is 10.3 Å². The lowest BCUT2D eigenvalue weighted by Gasteiger charge is -2.19. The fraction of sp³-hybridized carbons (Fsp3) is 0.333. The van der Waals surface area contributed by atoms with Gasteiger partial charge in [0.25, 0.3) is 0 Å². The van der Waals surface area contributed by atoms with Gasteiger partial charge in [0.2, 0.25) is 5.96 Å². The molecule has 0 atom stereocenters. The van der Waals surface area contributed by atoms with Gasteiger partial charge in [-0.15, -0.1) is 0 Å². The average molecular weight is 266 g/mol. The van der Waals surface area contributed by atoms with Crippen LogP contribution in [-0.2, 0) is 4.74 Å². The second kappa shape index (κ2) is 6.05. The van der Waals surface area contributed by atoms with Gasteiger partial charge in [0.05, 0.1) is 5.69 Å². The number of hydrogen-bond donors (Lipinski definition) is 4. The van der Waals surface area contributed by atoms with E-state index in [9.17, 15) is 4.79 Å². The minimum atomic E-state index is -0.564. The van der Waals surface area contributed by atoms with Crippen molar-refractivity contribution in [2.45, 2.75) is 26.4 Å². The molecule has 0 saturated heterocycles. The molecule has 0 radical (unpaired) electrons. The zero-order valence-corrected chi connectivity index (χ0v) is 11.1. The van der Waals surface area contributed by atoms with Crippen molar-refractivity contribution in [3.63, 3.8) is 0 Å². The first kappa shape index (κ1) is 14.8. The SMILES string of the molecule is CC(C)(C)OC(=O)Nc1cccc(N=C(N)NO)c1. The largest absolute Gasteiger partial charge is 0.444 e. The van der Waals surface area contributed by atoms with Crippen molar-refractivity contribution in [2.75, 3.05) is 5.32 Å². The van der Waals surface area contributed by atoms with Crippen LogP contribution < -0.4 is 16.5 Å². The number of benzene rings is 1. The third kappa shape index (κ3) is 5.73. The van der Waals surface area contributed by atoms with Gasteiger partial charge < -0.3 is 10.5 Å². The van der Waals surface area contributed by atoms with Crippen molar-refractivity contribution >= 4 is 23.4 Å². The molecule has 7 nitrogen and oxygen atoms in total. The number of carbonyl (C=O) groups excluding carboxylic acids is 1. The molecule has 1 rings (SSSR count). The van der Waals surface area contributed by atoms with E-state index < -0.39 is 11.7 Å². The second-order valence-corrected chi connectivity index (χ2v) is 4.79. The summed E-state index contributed by atoms with van der Waals surface area (Å²) in [5.41, 5.74) is 7.47. The molecule has 0 aliphatic rings. The molecular formula is C12H18N4O3. The second-order valence-electron chi connectivity index (χ2n) is 4.79. The highest BCUT2D eigenvalue weighted by Crippen LogP contribution is 2.18. The highest BCUT2D eigenvalue weighted by atomic mass is 16.6. The molecule has 7 heteroatoms. The third-order valence-corrected chi connectivity index (χ3v) is 1.86. The molecule has 0 spiro atoms. The van der Waals surface area contributed by atoms with Crippen molar-refractivity contribution in [3.05, 3.63) is 24.3 Å². The van der Waals surface area contributed by atoms with Crippen LogP contribution in [0.4, 0.5) is 16.2 Å². The van der Waals surface area contributed by atoms with Crippen LogP contribution in [0.25, 0.3) is 0 Å². The van der Waals surface area contributed by atoms with E-state index in [1.54, 1.807) is 50.5 Å². The topological polar surface area (TPSA) is 109 Å². The number of rotatable bonds is 2. The predicted octanol–water partition coefficient (Wildman–Crippen LogP) is 1.96. The lowest BCUT2D eigenvalue weighted by Crippen LogP contribution is -2.27. The van der Waals surface area contributed by atoms with Gasteiger partial charge in [-0.05, 0) is 39.0 Å². The monoisotopic (exact) mass is 266 g/mol. The van der Waals surface area contributed by atoms with E-state index in [1.165, 1.54) is 0 Å². The highest BCUT2D eigenvalue weighted by Gasteiger charge is 2.16. The summed E-state index contributed by atoms with van der Waals surface area (Å²) in [5, 5.41) is 11.1. The summed E-state index contributed by atoms with van der Waals surface area (Å²) in [7, 11) is 0. The standard InChI is InChI=1S/C12H18N4O3/c1-12(2,3)19-11(17)15-9-6-4-5-8(7-9)14-10(13)16-18/h4-7,18H,1-3H3,(H,15,17)(H3,13,14,16). The van der Waals surface area contributed by atoms with Gasteiger partial charge in [0.1, 0.15) is 5.60 Å². The normalized spacial score (nSPS) is 11.9. The fourth-order valence-corrected chi connectivity index (χ4v) is 1.24. The number of hydroxylamine groups is 1. The average Bonchev–Trinajstić information content (AvgIpc) is 2.26. The first-order valence-corrected chi connectivity index (χ1v) is 5.64. The minimum Gasteiger partial charge on any atom is -0.444 e. The van der Waals surface area contributed by atoms with Gasteiger partial charge in [-0.1, -0.05) is 6.07 Å². The smallest absolute Gasteiger partial charge is 0.412 e. The van der Waals surface area contributed by atoms with Crippen LogP contribution >= 0.6 is 0 Å². The van der Waals surface area contributed by atoms with Crippen molar-refractivity contribution in [1.29, 1.82) is 0 Å². The van der Waals surface area contributed by atoms with E-state index in [0.717, 1.165) is 0 Å². The predicted molar refractivity (Wildman–Crippen MR) is 72.5 cm³/mol. The number of amides is 1. The zero-order valence-electron chi connectivity index (χ0n) is 11.1. The molecular weight excluding hydrogens is 248 g/mol. The fourth-order valence-electron chi connectivity index (χ4n) is 1.24. The van der Waals surface area contributed by atoms with E-state index >= 15 is 0 Å². The number of nitrogens with two attached hydrogens (primary N) is 1. The number of ether oxygens (including phenoxy) is 1. The molecule has 0 aliphatic heterocycles. The van der Waals surface area contributed by atoms with Gasteiger partial charge in [0, 0.05) is 5.69 Å². The van der Waals surface area contributed by atoms with Crippen molar-refractivity contribution in [3.8, 4) is 0 Å². The van der Waals surface area contributed by atoms with Crippen molar-refractivity contribution < 1.29 is 14.7 Å². The van der Waals surface area contributed by atoms with Gasteiger partial charge in [0.15, 0.2) is 0 Å². The third-order valence-electron chi connectivity index (χ3n) is 1.86. The maximum Gasteiger partial charge on any atom is 0.412 e.